The molecule has 0 aromatic carbocycles. The summed E-state index contributed by atoms with van der Waals surface area (Å²) < 4.78 is 0. The van der Waals surface area contributed by atoms with Gasteiger partial charge in [0.1, 0.15) is 12.1 Å². The molecule has 1 heterocycles. The third kappa shape index (κ3) is 4.99. The number of likely N-dealkylation sites (N-methyl/N-ethyl adjacent to an activating group) is 1. The number of nitrogens with zero attached hydrogens (tertiary/aromatic N) is 1. The molecule has 1 aliphatic heterocycles. The Hall–Kier alpha value is -2.16. The summed E-state index contributed by atoms with van der Waals surface area (Å²) in [6.07, 6.45) is 1.26. The molecule has 9 nitrogen and oxygen atoms in total. The van der Waals surface area contributed by atoms with Gasteiger partial charge < -0.3 is 26.6 Å². The smallest absolute Gasteiger partial charge is 0.242 e. The van der Waals surface area contributed by atoms with Gasteiger partial charge >= 0.3 is 0 Å². The molecule has 22 heavy (non-hydrogen) atoms. The Labute approximate surface area is 129 Å². The monoisotopic (exact) mass is 313 g/mol. The highest BCUT2D eigenvalue weighted by molar-refractivity contribution is 5.92. The van der Waals surface area contributed by atoms with Crippen molar-refractivity contribution in [2.75, 3.05) is 26.7 Å². The minimum atomic E-state index is -0.751. The molecule has 1 rings (SSSR count). The van der Waals surface area contributed by atoms with Gasteiger partial charge in [-0.05, 0) is 26.8 Å². The van der Waals surface area contributed by atoms with Gasteiger partial charge in [0.05, 0.1) is 13.1 Å². The van der Waals surface area contributed by atoms with E-state index >= 15 is 0 Å². The summed E-state index contributed by atoms with van der Waals surface area (Å²) in [4.78, 5) is 47.8. The second-order valence-corrected chi connectivity index (χ2v) is 5.18. The normalized spacial score (nSPS) is 18.6. The van der Waals surface area contributed by atoms with E-state index in [1.54, 1.807) is 7.05 Å². The number of primary amides is 1. The quantitative estimate of drug-likeness (QED) is 0.406. The minimum Gasteiger partial charge on any atom is -0.368 e. The van der Waals surface area contributed by atoms with Crippen LogP contribution in [0.5, 0.6) is 0 Å². The lowest BCUT2D eigenvalue weighted by Gasteiger charge is -2.22. The minimum absolute atomic E-state index is 0.102. The van der Waals surface area contributed by atoms with Gasteiger partial charge in [-0.15, -0.1) is 0 Å². The maximum atomic E-state index is 12.0. The lowest BCUT2D eigenvalue weighted by Crippen LogP contribution is -2.51. The predicted molar refractivity (Wildman–Crippen MR) is 78.5 cm³/mol. The van der Waals surface area contributed by atoms with Crippen LogP contribution in [0.1, 0.15) is 19.8 Å². The zero-order chi connectivity index (χ0) is 16.7. The predicted octanol–water partition coefficient (Wildman–Crippen LogP) is -2.70. The molecule has 2 unspecified atom stereocenters. The summed E-state index contributed by atoms with van der Waals surface area (Å²) >= 11 is 0. The molecule has 124 valence electrons. The number of carbonyl (C=O) groups is 4. The third-order valence-electron chi connectivity index (χ3n) is 3.42. The van der Waals surface area contributed by atoms with Gasteiger partial charge in [0.2, 0.25) is 23.6 Å². The van der Waals surface area contributed by atoms with Gasteiger partial charge in [-0.1, -0.05) is 0 Å². The largest absolute Gasteiger partial charge is 0.368 e. The van der Waals surface area contributed by atoms with Crippen molar-refractivity contribution in [3.05, 3.63) is 0 Å². The van der Waals surface area contributed by atoms with Crippen molar-refractivity contribution in [1.29, 1.82) is 0 Å². The van der Waals surface area contributed by atoms with Gasteiger partial charge in [0.25, 0.3) is 0 Å². The Balaban J connectivity index is 2.41. The van der Waals surface area contributed by atoms with Gasteiger partial charge in [-0.2, -0.15) is 0 Å². The van der Waals surface area contributed by atoms with Crippen LogP contribution in [0, 0.1) is 0 Å². The number of hydrogen-bond acceptors (Lipinski definition) is 5. The second-order valence-electron chi connectivity index (χ2n) is 5.18. The molecule has 9 heteroatoms. The van der Waals surface area contributed by atoms with E-state index in [0.29, 0.717) is 19.4 Å². The van der Waals surface area contributed by atoms with Crippen molar-refractivity contribution in [3.8, 4) is 0 Å². The van der Waals surface area contributed by atoms with Gasteiger partial charge in [-0.25, -0.2) is 0 Å². The van der Waals surface area contributed by atoms with Crippen LogP contribution in [0.25, 0.3) is 0 Å². The molecule has 0 bridgehead atoms. The van der Waals surface area contributed by atoms with E-state index in [0.717, 1.165) is 0 Å². The first-order valence-corrected chi connectivity index (χ1v) is 7.17. The Bertz CT molecular complexity index is 454. The van der Waals surface area contributed by atoms with Crippen LogP contribution >= 0.6 is 0 Å². The number of hydrogen-bond donors (Lipinski definition) is 4. The molecule has 4 amide bonds. The highest BCUT2D eigenvalue weighted by atomic mass is 16.2. The Morgan fingerprint density at radius 1 is 1.27 bits per heavy atom. The molecule has 0 radical (unpaired) electrons. The Morgan fingerprint density at radius 3 is 2.55 bits per heavy atom. The summed E-state index contributed by atoms with van der Waals surface area (Å²) in [6.45, 7) is 1.85. The van der Waals surface area contributed by atoms with Crippen molar-refractivity contribution in [3.63, 3.8) is 0 Å². The van der Waals surface area contributed by atoms with Crippen LogP contribution in [0.3, 0.4) is 0 Å². The van der Waals surface area contributed by atoms with E-state index in [1.165, 1.54) is 11.8 Å². The van der Waals surface area contributed by atoms with E-state index < -0.39 is 23.9 Å². The number of likely N-dealkylation sites (tertiary alicyclic amines) is 1. The fourth-order valence-electron chi connectivity index (χ4n) is 2.30. The summed E-state index contributed by atoms with van der Waals surface area (Å²) in [5.41, 5.74) is 5.24. The first-order valence-electron chi connectivity index (χ1n) is 7.17. The molecule has 1 aliphatic rings. The topological polar surface area (TPSA) is 134 Å². The molecule has 1 fully saturated rings. The van der Waals surface area contributed by atoms with Gasteiger partial charge in [0.15, 0.2) is 0 Å². The van der Waals surface area contributed by atoms with Crippen molar-refractivity contribution < 1.29 is 19.2 Å². The molecule has 0 saturated carbocycles. The third-order valence-corrected chi connectivity index (χ3v) is 3.42. The number of amides is 4. The van der Waals surface area contributed by atoms with E-state index in [2.05, 4.69) is 16.0 Å². The van der Waals surface area contributed by atoms with Crippen molar-refractivity contribution in [2.24, 2.45) is 5.73 Å². The van der Waals surface area contributed by atoms with Gasteiger partial charge in [-0.3, -0.25) is 19.2 Å². The summed E-state index contributed by atoms with van der Waals surface area (Å²) in [5.74, 6) is -1.68. The van der Waals surface area contributed by atoms with E-state index in [9.17, 15) is 19.2 Å². The molecular formula is C13H23N5O4. The molecule has 0 aromatic heterocycles. The lowest BCUT2D eigenvalue weighted by atomic mass is 10.2. The van der Waals surface area contributed by atoms with Crippen molar-refractivity contribution in [1.82, 2.24) is 20.9 Å². The van der Waals surface area contributed by atoms with Crippen LogP contribution in [0.2, 0.25) is 0 Å². The summed E-state index contributed by atoms with van der Waals surface area (Å²) in [7, 11) is 1.62. The fourth-order valence-corrected chi connectivity index (χ4v) is 2.30. The lowest BCUT2D eigenvalue weighted by molar-refractivity contribution is -0.138. The number of carbonyl (C=O) groups excluding carboxylic acids is 4. The van der Waals surface area contributed by atoms with Crippen LogP contribution < -0.4 is 21.7 Å². The molecular weight excluding hydrogens is 290 g/mol. The van der Waals surface area contributed by atoms with Crippen LogP contribution in [0.15, 0.2) is 0 Å². The van der Waals surface area contributed by atoms with Crippen LogP contribution in [-0.4, -0.2) is 67.3 Å². The van der Waals surface area contributed by atoms with Crippen molar-refractivity contribution >= 4 is 23.6 Å². The summed E-state index contributed by atoms with van der Waals surface area (Å²) in [5, 5.41) is 7.60. The first kappa shape index (κ1) is 17.9. The fraction of sp³-hybridized carbons (Fsp3) is 0.692. The zero-order valence-corrected chi connectivity index (χ0v) is 12.8. The average molecular weight is 313 g/mol. The van der Waals surface area contributed by atoms with Crippen LogP contribution in [-0.2, 0) is 19.2 Å². The molecule has 0 aromatic rings. The molecule has 0 spiro atoms. The van der Waals surface area contributed by atoms with E-state index in [4.69, 9.17) is 5.73 Å². The number of rotatable bonds is 7. The molecule has 5 N–H and O–H groups in total. The zero-order valence-electron chi connectivity index (χ0n) is 12.8. The van der Waals surface area contributed by atoms with Crippen molar-refractivity contribution in [2.45, 2.75) is 31.8 Å². The average Bonchev–Trinajstić information content (AvgIpc) is 2.94. The first-order chi connectivity index (χ1) is 10.4. The van der Waals surface area contributed by atoms with E-state index in [-0.39, 0.29) is 24.9 Å². The Kier molecular flexibility index (Phi) is 6.77. The summed E-state index contributed by atoms with van der Waals surface area (Å²) in [6, 6.07) is -1.35. The number of nitrogens with one attached hydrogen (secondary N) is 3. The molecule has 1 saturated heterocycles. The Morgan fingerprint density at radius 2 is 1.95 bits per heavy atom. The standard InChI is InChI=1S/C13H23N5O4/c1-8(17-10(19)6-15-2)13(22)16-7-11(20)18-5-3-4-9(18)12(14)21/h8-9,15H,3-7H2,1-2H3,(H2,14,21)(H,16,22)(H,17,19). The van der Waals surface area contributed by atoms with Crippen LogP contribution in [0.4, 0.5) is 0 Å². The maximum Gasteiger partial charge on any atom is 0.242 e. The van der Waals surface area contributed by atoms with Gasteiger partial charge in [0, 0.05) is 6.54 Å². The van der Waals surface area contributed by atoms with E-state index in [1.807, 2.05) is 0 Å². The highest BCUT2D eigenvalue weighted by Gasteiger charge is 2.32. The SMILES string of the molecule is CNCC(=O)NC(C)C(=O)NCC(=O)N1CCCC1C(N)=O. The maximum absolute atomic E-state index is 12.0. The molecule has 2 atom stereocenters. The second kappa shape index (κ2) is 8.32. The highest BCUT2D eigenvalue weighted by Crippen LogP contribution is 2.16. The molecule has 0 aliphatic carbocycles. The number of nitrogens with two attached hydrogens (primary N) is 1.